The van der Waals surface area contributed by atoms with Crippen molar-refractivity contribution >= 4 is 11.8 Å². The Kier molecular flexibility index (Phi) is 4.38. The predicted molar refractivity (Wildman–Crippen MR) is 81.7 cm³/mol. The topological polar surface area (TPSA) is 77.1 Å². The Hall–Kier alpha value is -2.28. The summed E-state index contributed by atoms with van der Waals surface area (Å²) in [5.41, 5.74) is 0.431. The molecule has 1 aromatic rings. The second-order valence-electron chi connectivity index (χ2n) is 5.69. The maximum atomic E-state index is 12.9. The molecule has 2 fully saturated rings. The Morgan fingerprint density at radius 2 is 2.09 bits per heavy atom. The summed E-state index contributed by atoms with van der Waals surface area (Å²) in [6, 6.07) is 5.01. The molecular weight excluding hydrogens is 300 g/mol. The molecule has 3 rings (SSSR count). The van der Waals surface area contributed by atoms with E-state index in [0.29, 0.717) is 43.4 Å². The lowest BCUT2D eigenvalue weighted by atomic mass is 10.1. The van der Waals surface area contributed by atoms with Crippen molar-refractivity contribution in [3.8, 4) is 11.5 Å². The zero-order chi connectivity index (χ0) is 16.4. The van der Waals surface area contributed by atoms with Crippen LogP contribution in [-0.4, -0.2) is 63.3 Å². The average molecular weight is 320 g/mol. The molecule has 23 heavy (non-hydrogen) atoms. The number of carbonyl (C=O) groups is 2. The van der Waals surface area contributed by atoms with Crippen molar-refractivity contribution in [1.29, 1.82) is 0 Å². The van der Waals surface area contributed by atoms with Crippen LogP contribution in [0.3, 0.4) is 0 Å². The van der Waals surface area contributed by atoms with Gasteiger partial charge in [-0.15, -0.1) is 0 Å². The molecule has 2 amide bonds. The van der Waals surface area contributed by atoms with Gasteiger partial charge in [-0.1, -0.05) is 6.07 Å². The summed E-state index contributed by atoms with van der Waals surface area (Å²) in [7, 11) is 3.03. The zero-order valence-corrected chi connectivity index (χ0v) is 13.2. The molecule has 0 unspecified atom stereocenters. The van der Waals surface area contributed by atoms with Gasteiger partial charge in [-0.25, -0.2) is 0 Å². The number of nitrogens with zero attached hydrogens (tertiary/aromatic N) is 1. The number of para-hydroxylation sites is 1. The molecule has 2 saturated heterocycles. The lowest BCUT2D eigenvalue weighted by Gasteiger charge is -2.28. The second-order valence-corrected chi connectivity index (χ2v) is 5.69. The van der Waals surface area contributed by atoms with Crippen LogP contribution in [0.1, 0.15) is 10.4 Å². The molecule has 0 saturated carbocycles. The van der Waals surface area contributed by atoms with Crippen molar-refractivity contribution in [3.05, 3.63) is 23.8 Å². The third kappa shape index (κ3) is 2.96. The minimum Gasteiger partial charge on any atom is -0.493 e. The first-order valence-electron chi connectivity index (χ1n) is 7.52. The van der Waals surface area contributed by atoms with Crippen LogP contribution in [0.25, 0.3) is 0 Å². The molecule has 0 spiro atoms. The highest BCUT2D eigenvalue weighted by Crippen LogP contribution is 2.32. The van der Waals surface area contributed by atoms with Crippen LogP contribution in [0.4, 0.5) is 0 Å². The quantitative estimate of drug-likeness (QED) is 0.866. The lowest BCUT2D eigenvalue weighted by molar-refractivity contribution is -0.125. The van der Waals surface area contributed by atoms with Crippen molar-refractivity contribution in [2.24, 2.45) is 5.92 Å². The van der Waals surface area contributed by atoms with Crippen LogP contribution in [0.15, 0.2) is 18.2 Å². The van der Waals surface area contributed by atoms with Crippen molar-refractivity contribution in [3.63, 3.8) is 0 Å². The van der Waals surface area contributed by atoms with E-state index in [9.17, 15) is 9.59 Å². The van der Waals surface area contributed by atoms with Crippen LogP contribution >= 0.6 is 0 Å². The van der Waals surface area contributed by atoms with Crippen LogP contribution in [0.5, 0.6) is 11.5 Å². The largest absolute Gasteiger partial charge is 0.493 e. The molecule has 1 N–H and O–H groups in total. The van der Waals surface area contributed by atoms with Gasteiger partial charge in [0.1, 0.15) is 0 Å². The van der Waals surface area contributed by atoms with E-state index in [1.807, 2.05) is 0 Å². The molecule has 7 nitrogen and oxygen atoms in total. The smallest absolute Gasteiger partial charge is 0.257 e. The number of nitrogens with one attached hydrogen (secondary N) is 1. The summed E-state index contributed by atoms with van der Waals surface area (Å²) >= 11 is 0. The Balaban J connectivity index is 1.90. The van der Waals surface area contributed by atoms with Crippen LogP contribution in [0, 0.1) is 5.92 Å². The molecule has 0 aliphatic carbocycles. The minimum atomic E-state index is -0.344. The molecule has 124 valence electrons. The molecule has 2 heterocycles. The first-order valence-corrected chi connectivity index (χ1v) is 7.52. The first-order chi connectivity index (χ1) is 11.1. The molecule has 7 heteroatoms. The number of rotatable bonds is 3. The standard InChI is InChI=1S/C16H20N2O5/c1-21-13-5-3-4-12(14(13)22-2)16(20)18-6-10-8-23-9-11(7-18)17-15(10)19/h3-5,10-11H,6-9H2,1-2H3,(H,17,19)/t10-,11+/m1/s1. The summed E-state index contributed by atoms with van der Waals surface area (Å²) in [5.74, 6) is 0.341. The number of methoxy groups -OCH3 is 2. The number of ether oxygens (including phenoxy) is 3. The molecule has 2 aliphatic rings. The summed E-state index contributed by atoms with van der Waals surface area (Å²) in [6.07, 6.45) is 0. The van der Waals surface area contributed by atoms with Gasteiger partial charge in [-0.05, 0) is 12.1 Å². The minimum absolute atomic E-state index is 0.0552. The van der Waals surface area contributed by atoms with Gasteiger partial charge in [0.25, 0.3) is 5.91 Å². The fraction of sp³-hybridized carbons (Fsp3) is 0.500. The number of hydrogen-bond donors (Lipinski definition) is 1. The Bertz CT molecular complexity index is 618. The van der Waals surface area contributed by atoms with E-state index in [1.165, 1.54) is 14.2 Å². The summed E-state index contributed by atoms with van der Waals surface area (Å²) in [6.45, 7) is 1.51. The van der Waals surface area contributed by atoms with Gasteiger partial charge in [0.15, 0.2) is 11.5 Å². The number of hydrogen-bond acceptors (Lipinski definition) is 5. The summed E-state index contributed by atoms with van der Waals surface area (Å²) in [4.78, 5) is 26.7. The van der Waals surface area contributed by atoms with Gasteiger partial charge >= 0.3 is 0 Å². The SMILES string of the molecule is COc1cccc(C(=O)N2C[C@H]3COC[C@@H](C2)C(=O)N3)c1OC. The van der Waals surface area contributed by atoms with Gasteiger partial charge in [0, 0.05) is 13.1 Å². The van der Waals surface area contributed by atoms with Crippen molar-refractivity contribution in [2.75, 3.05) is 40.5 Å². The number of carbonyl (C=O) groups excluding carboxylic acids is 2. The molecule has 2 atom stereocenters. The zero-order valence-electron chi connectivity index (χ0n) is 13.2. The molecule has 1 aromatic carbocycles. The highest BCUT2D eigenvalue weighted by Gasteiger charge is 2.36. The number of amides is 2. The lowest BCUT2D eigenvalue weighted by Crippen LogP contribution is -2.44. The summed E-state index contributed by atoms with van der Waals surface area (Å²) in [5, 5.41) is 2.91. The van der Waals surface area contributed by atoms with E-state index in [2.05, 4.69) is 5.32 Å². The number of fused-ring (bicyclic) bond motifs is 3. The van der Waals surface area contributed by atoms with Crippen molar-refractivity contribution < 1.29 is 23.8 Å². The van der Waals surface area contributed by atoms with E-state index < -0.39 is 0 Å². The van der Waals surface area contributed by atoms with Crippen molar-refractivity contribution in [2.45, 2.75) is 6.04 Å². The normalized spacial score (nSPS) is 23.7. The third-order valence-electron chi connectivity index (χ3n) is 4.16. The van der Waals surface area contributed by atoms with Crippen LogP contribution in [0.2, 0.25) is 0 Å². The van der Waals surface area contributed by atoms with Crippen LogP contribution in [-0.2, 0) is 9.53 Å². The van der Waals surface area contributed by atoms with Gasteiger partial charge in [-0.3, -0.25) is 9.59 Å². The Labute approximate surface area is 134 Å². The van der Waals surface area contributed by atoms with Gasteiger partial charge in [0.2, 0.25) is 5.91 Å². The average Bonchev–Trinajstić information content (AvgIpc) is 2.81. The van der Waals surface area contributed by atoms with E-state index in [0.717, 1.165) is 0 Å². The van der Waals surface area contributed by atoms with Gasteiger partial charge in [0.05, 0.1) is 45.0 Å². The molecule has 0 radical (unpaired) electrons. The van der Waals surface area contributed by atoms with Crippen molar-refractivity contribution in [1.82, 2.24) is 10.2 Å². The monoisotopic (exact) mass is 320 g/mol. The van der Waals surface area contributed by atoms with E-state index in [1.54, 1.807) is 23.1 Å². The molecule has 2 aliphatic heterocycles. The highest BCUT2D eigenvalue weighted by atomic mass is 16.5. The predicted octanol–water partition coefficient (Wildman–Crippen LogP) is 0.291. The van der Waals surface area contributed by atoms with E-state index in [4.69, 9.17) is 14.2 Å². The number of benzene rings is 1. The van der Waals surface area contributed by atoms with E-state index >= 15 is 0 Å². The van der Waals surface area contributed by atoms with Crippen LogP contribution < -0.4 is 14.8 Å². The molecule has 2 bridgehead atoms. The van der Waals surface area contributed by atoms with Gasteiger partial charge in [-0.2, -0.15) is 0 Å². The Morgan fingerprint density at radius 1 is 1.26 bits per heavy atom. The first kappa shape index (κ1) is 15.6. The fourth-order valence-corrected chi connectivity index (χ4v) is 3.02. The second kappa shape index (κ2) is 6.45. The highest BCUT2D eigenvalue weighted by molar-refractivity contribution is 5.98. The summed E-state index contributed by atoms with van der Waals surface area (Å²) < 4.78 is 16.1. The third-order valence-corrected chi connectivity index (χ3v) is 4.16. The fourth-order valence-electron chi connectivity index (χ4n) is 3.02. The molecular formula is C16H20N2O5. The molecule has 0 aromatic heterocycles. The maximum absolute atomic E-state index is 12.9. The Morgan fingerprint density at radius 3 is 2.83 bits per heavy atom. The maximum Gasteiger partial charge on any atom is 0.257 e. The van der Waals surface area contributed by atoms with E-state index in [-0.39, 0.29) is 23.8 Å². The van der Waals surface area contributed by atoms with Gasteiger partial charge < -0.3 is 24.4 Å².